The van der Waals surface area contributed by atoms with Crippen molar-refractivity contribution < 1.29 is 26.3 Å². The van der Waals surface area contributed by atoms with Gasteiger partial charge in [-0.15, -0.1) is 0 Å². The van der Waals surface area contributed by atoms with E-state index in [1.165, 1.54) is 11.1 Å². The summed E-state index contributed by atoms with van der Waals surface area (Å²) >= 11 is 0. The van der Waals surface area contributed by atoms with Gasteiger partial charge in [0, 0.05) is 11.1 Å². The zero-order valence-corrected chi connectivity index (χ0v) is 24.5. The third-order valence-corrected chi connectivity index (χ3v) is 8.76. The van der Waals surface area contributed by atoms with Crippen LogP contribution in [0.2, 0.25) is 0 Å². The maximum absolute atomic E-state index is 13.5. The minimum Gasteiger partial charge on any atom is -0.310 e. The monoisotopic (exact) mass is 601 g/mol. The van der Waals surface area contributed by atoms with E-state index in [0.717, 1.165) is 45.9 Å². The molecule has 0 radical (unpaired) electrons. The quantitative estimate of drug-likeness (QED) is 0.186. The fraction of sp³-hybridized carbons (Fsp3) is 0.189. The normalized spacial score (nSPS) is 14.3. The van der Waals surface area contributed by atoms with Gasteiger partial charge in [-0.2, -0.15) is 26.3 Å². The van der Waals surface area contributed by atoms with E-state index in [1.54, 1.807) is 19.1 Å². The molecule has 1 heterocycles. The van der Waals surface area contributed by atoms with E-state index in [-0.39, 0.29) is 17.0 Å². The molecule has 0 unspecified atom stereocenters. The Hall–Kier alpha value is -4.52. The molecular weight excluding hydrogens is 572 g/mol. The summed E-state index contributed by atoms with van der Waals surface area (Å²) in [4.78, 5) is 2.24. The van der Waals surface area contributed by atoms with Crippen LogP contribution >= 0.6 is 0 Å². The van der Waals surface area contributed by atoms with Crippen LogP contribution in [0.15, 0.2) is 103 Å². The van der Waals surface area contributed by atoms with Gasteiger partial charge in [0.15, 0.2) is 0 Å². The molecule has 1 aliphatic heterocycles. The minimum absolute atomic E-state index is 0.125. The molecule has 1 nitrogen and oxygen atoms in total. The first-order valence-corrected chi connectivity index (χ1v) is 14.2. The smallest absolute Gasteiger partial charge is 0.310 e. The molecule has 224 valence electrons. The summed E-state index contributed by atoms with van der Waals surface area (Å²) < 4.78 is 81.1. The summed E-state index contributed by atoms with van der Waals surface area (Å²) in [7, 11) is 0. The van der Waals surface area contributed by atoms with Crippen molar-refractivity contribution in [1.29, 1.82) is 0 Å². The Labute approximate surface area is 252 Å². The highest BCUT2D eigenvalue weighted by Crippen LogP contribution is 2.51. The first-order valence-electron chi connectivity index (χ1n) is 14.2. The minimum atomic E-state index is -4.91. The molecular formula is C37H29F6N. The number of fused-ring (bicyclic) bond motifs is 2. The summed E-state index contributed by atoms with van der Waals surface area (Å²) in [6.45, 7) is 8.01. The van der Waals surface area contributed by atoms with Crippen LogP contribution in [0, 0.1) is 13.8 Å². The number of rotatable bonds is 3. The SMILES string of the molecule is Cc1c(-c2ccc(N3c4ccccc4C(C)(C)c4ccccc43)cc2)ccc(-c2cc(C(F)(F)F)cc(C(F)(F)F)c2)c1C. The Morgan fingerprint density at radius 2 is 0.955 bits per heavy atom. The number of hydrogen-bond acceptors (Lipinski definition) is 1. The molecule has 6 rings (SSSR count). The van der Waals surface area contributed by atoms with Gasteiger partial charge >= 0.3 is 12.4 Å². The predicted octanol–water partition coefficient (Wildman–Crippen LogP) is 11.8. The van der Waals surface area contributed by atoms with Gasteiger partial charge in [0.25, 0.3) is 0 Å². The molecule has 0 aromatic heterocycles. The first-order chi connectivity index (χ1) is 20.7. The zero-order valence-electron chi connectivity index (χ0n) is 24.5. The molecule has 0 saturated carbocycles. The maximum Gasteiger partial charge on any atom is 0.416 e. The Morgan fingerprint density at radius 1 is 0.523 bits per heavy atom. The Morgan fingerprint density at radius 3 is 1.41 bits per heavy atom. The number of anilines is 3. The Balaban J connectivity index is 1.40. The second kappa shape index (κ2) is 10.3. The molecule has 0 bridgehead atoms. The molecule has 0 fully saturated rings. The van der Waals surface area contributed by atoms with Gasteiger partial charge in [-0.05, 0) is 101 Å². The van der Waals surface area contributed by atoms with Gasteiger partial charge in [-0.3, -0.25) is 0 Å². The van der Waals surface area contributed by atoms with Crippen LogP contribution in [-0.4, -0.2) is 0 Å². The average molecular weight is 602 g/mol. The van der Waals surface area contributed by atoms with Crippen molar-refractivity contribution in [2.24, 2.45) is 0 Å². The van der Waals surface area contributed by atoms with Crippen molar-refractivity contribution in [2.45, 2.75) is 45.5 Å². The summed E-state index contributed by atoms with van der Waals surface area (Å²) in [5, 5.41) is 0. The molecule has 5 aromatic rings. The summed E-state index contributed by atoms with van der Waals surface area (Å²) in [5.74, 6) is 0. The summed E-state index contributed by atoms with van der Waals surface area (Å²) in [6, 6.07) is 29.8. The van der Waals surface area contributed by atoms with E-state index >= 15 is 0 Å². The maximum atomic E-state index is 13.5. The van der Waals surface area contributed by atoms with Gasteiger partial charge in [0.1, 0.15) is 0 Å². The lowest BCUT2D eigenvalue weighted by molar-refractivity contribution is -0.143. The molecule has 0 spiro atoms. The summed E-state index contributed by atoms with van der Waals surface area (Å²) in [6.07, 6.45) is -9.82. The highest BCUT2D eigenvalue weighted by Gasteiger charge is 2.38. The van der Waals surface area contributed by atoms with E-state index in [9.17, 15) is 26.3 Å². The Bertz CT molecular complexity index is 1800. The largest absolute Gasteiger partial charge is 0.416 e. The van der Waals surface area contributed by atoms with E-state index in [0.29, 0.717) is 11.1 Å². The molecule has 7 heteroatoms. The van der Waals surface area contributed by atoms with Crippen molar-refractivity contribution in [3.8, 4) is 22.3 Å². The number of halogens is 6. The highest BCUT2D eigenvalue weighted by molar-refractivity contribution is 5.87. The van der Waals surface area contributed by atoms with Gasteiger partial charge in [-0.1, -0.05) is 74.5 Å². The average Bonchev–Trinajstić information content (AvgIpc) is 2.98. The lowest BCUT2D eigenvalue weighted by Gasteiger charge is -2.42. The molecule has 0 atom stereocenters. The molecule has 1 aliphatic rings. The highest BCUT2D eigenvalue weighted by atomic mass is 19.4. The third kappa shape index (κ3) is 4.94. The zero-order chi connectivity index (χ0) is 31.6. The number of benzene rings is 5. The standard InChI is InChI=1S/C37H29F6N/c1-22-23(2)30(25-19-26(36(38,39)40)21-27(20-25)37(41,42)43)18-17-29(22)24-13-15-28(16-14-24)44-33-11-7-5-9-31(33)35(3,4)32-10-6-8-12-34(32)44/h5-21H,1-4H3. The van der Waals surface area contributed by atoms with Gasteiger partial charge < -0.3 is 4.90 Å². The van der Waals surface area contributed by atoms with E-state index < -0.39 is 23.5 Å². The van der Waals surface area contributed by atoms with E-state index in [1.807, 2.05) is 55.5 Å². The van der Waals surface area contributed by atoms with Crippen LogP contribution in [0.4, 0.5) is 43.4 Å². The van der Waals surface area contributed by atoms with Crippen molar-refractivity contribution >= 4 is 17.1 Å². The van der Waals surface area contributed by atoms with Crippen molar-refractivity contribution in [3.05, 3.63) is 137 Å². The lowest BCUT2D eigenvalue weighted by Crippen LogP contribution is -2.30. The number of alkyl halides is 6. The Kier molecular flexibility index (Phi) is 6.91. The predicted molar refractivity (Wildman–Crippen MR) is 164 cm³/mol. The fourth-order valence-electron chi connectivity index (χ4n) is 6.29. The molecule has 0 saturated heterocycles. The second-order valence-corrected chi connectivity index (χ2v) is 11.7. The first kappa shape index (κ1) is 29.5. The number of para-hydroxylation sites is 2. The van der Waals surface area contributed by atoms with Gasteiger partial charge in [0.2, 0.25) is 0 Å². The van der Waals surface area contributed by atoms with Crippen molar-refractivity contribution in [2.75, 3.05) is 4.90 Å². The van der Waals surface area contributed by atoms with E-state index in [4.69, 9.17) is 0 Å². The number of hydrogen-bond donors (Lipinski definition) is 0. The van der Waals surface area contributed by atoms with Crippen LogP contribution in [-0.2, 0) is 17.8 Å². The number of nitrogens with zero attached hydrogens (tertiary/aromatic N) is 1. The molecule has 5 aromatic carbocycles. The van der Waals surface area contributed by atoms with Crippen molar-refractivity contribution in [1.82, 2.24) is 0 Å². The van der Waals surface area contributed by atoms with E-state index in [2.05, 4.69) is 43.0 Å². The second-order valence-electron chi connectivity index (χ2n) is 11.7. The third-order valence-electron chi connectivity index (χ3n) is 8.76. The van der Waals surface area contributed by atoms with Crippen LogP contribution < -0.4 is 4.90 Å². The molecule has 0 aliphatic carbocycles. The lowest BCUT2D eigenvalue weighted by atomic mass is 9.73. The topological polar surface area (TPSA) is 3.24 Å². The molecule has 0 amide bonds. The fourth-order valence-corrected chi connectivity index (χ4v) is 6.29. The molecule has 0 N–H and O–H groups in total. The van der Waals surface area contributed by atoms with Gasteiger partial charge in [-0.25, -0.2) is 0 Å². The van der Waals surface area contributed by atoms with Crippen molar-refractivity contribution in [3.63, 3.8) is 0 Å². The van der Waals surface area contributed by atoms with Crippen LogP contribution in [0.5, 0.6) is 0 Å². The molecule has 44 heavy (non-hydrogen) atoms. The van der Waals surface area contributed by atoms with Crippen LogP contribution in [0.1, 0.15) is 47.2 Å². The van der Waals surface area contributed by atoms with Crippen LogP contribution in [0.25, 0.3) is 22.3 Å². The summed E-state index contributed by atoms with van der Waals surface area (Å²) in [5.41, 5.74) is 6.08. The van der Waals surface area contributed by atoms with Gasteiger partial charge in [0.05, 0.1) is 22.5 Å². The van der Waals surface area contributed by atoms with Crippen LogP contribution in [0.3, 0.4) is 0 Å².